The van der Waals surface area contributed by atoms with Crippen molar-refractivity contribution in [2.75, 3.05) is 35.7 Å². The van der Waals surface area contributed by atoms with Gasteiger partial charge in [-0.3, -0.25) is 4.79 Å². The fourth-order valence-electron chi connectivity index (χ4n) is 3.90. The number of benzene rings is 3. The number of carbonyl (C=O) groups is 2. The van der Waals surface area contributed by atoms with Crippen molar-refractivity contribution >= 4 is 40.6 Å². The van der Waals surface area contributed by atoms with Crippen LogP contribution in [-0.4, -0.2) is 32.1 Å². The maximum atomic E-state index is 12.9. The third-order valence-electron chi connectivity index (χ3n) is 5.64. The minimum Gasteiger partial charge on any atom is -0.497 e. The Hall–Kier alpha value is -3.71. The molecule has 176 valence electrons. The number of rotatable bonds is 7. The van der Waals surface area contributed by atoms with E-state index in [1.54, 1.807) is 43.5 Å². The summed E-state index contributed by atoms with van der Waals surface area (Å²) in [5.74, 6) is 0.511. The van der Waals surface area contributed by atoms with E-state index in [4.69, 9.17) is 16.3 Å². The van der Waals surface area contributed by atoms with Crippen molar-refractivity contribution in [1.29, 1.82) is 0 Å². The summed E-state index contributed by atoms with van der Waals surface area (Å²) in [6.07, 6.45) is 2.19. The number of anilines is 3. The third kappa shape index (κ3) is 5.99. The number of amides is 3. The van der Waals surface area contributed by atoms with Gasteiger partial charge in [0.15, 0.2) is 0 Å². The molecule has 0 spiro atoms. The molecule has 0 saturated carbocycles. The molecule has 3 aromatic rings. The van der Waals surface area contributed by atoms with Gasteiger partial charge in [-0.25, -0.2) is 4.79 Å². The van der Waals surface area contributed by atoms with Crippen molar-refractivity contribution in [3.63, 3.8) is 0 Å². The lowest BCUT2D eigenvalue weighted by Crippen LogP contribution is -2.26. The van der Waals surface area contributed by atoms with Crippen LogP contribution in [0, 0.1) is 0 Å². The first-order chi connectivity index (χ1) is 16.5. The van der Waals surface area contributed by atoms with Crippen LogP contribution in [-0.2, 0) is 6.54 Å². The maximum absolute atomic E-state index is 12.9. The molecule has 3 amide bonds. The molecule has 0 aromatic heterocycles. The lowest BCUT2D eigenvalue weighted by atomic mass is 10.1. The summed E-state index contributed by atoms with van der Waals surface area (Å²) in [7, 11) is 1.61. The molecule has 1 heterocycles. The number of urea groups is 1. The zero-order chi connectivity index (χ0) is 23.9. The average Bonchev–Trinajstić information content (AvgIpc) is 3.39. The molecule has 1 saturated heterocycles. The molecule has 34 heavy (non-hydrogen) atoms. The van der Waals surface area contributed by atoms with Crippen LogP contribution in [0.15, 0.2) is 66.7 Å². The fraction of sp³-hybridized carbons (Fsp3) is 0.231. The smallest absolute Gasteiger partial charge is 0.323 e. The lowest BCUT2D eigenvalue weighted by Gasteiger charge is -2.22. The van der Waals surface area contributed by atoms with Crippen LogP contribution in [0.25, 0.3) is 0 Å². The second-order valence-corrected chi connectivity index (χ2v) is 8.48. The molecule has 1 aliphatic heterocycles. The first kappa shape index (κ1) is 23.4. The van der Waals surface area contributed by atoms with Crippen molar-refractivity contribution in [2.24, 2.45) is 0 Å². The van der Waals surface area contributed by atoms with Gasteiger partial charge in [0.25, 0.3) is 5.91 Å². The highest BCUT2D eigenvalue weighted by Crippen LogP contribution is 2.30. The van der Waals surface area contributed by atoms with Gasteiger partial charge in [-0.05, 0) is 73.0 Å². The van der Waals surface area contributed by atoms with E-state index in [9.17, 15) is 9.59 Å². The zero-order valence-corrected chi connectivity index (χ0v) is 19.7. The molecule has 4 rings (SSSR count). The monoisotopic (exact) mass is 478 g/mol. The molecular formula is C26H27ClN4O3. The molecule has 1 aliphatic rings. The van der Waals surface area contributed by atoms with Crippen LogP contribution >= 0.6 is 11.6 Å². The van der Waals surface area contributed by atoms with Gasteiger partial charge in [-0.1, -0.05) is 23.7 Å². The van der Waals surface area contributed by atoms with Crippen molar-refractivity contribution in [1.82, 2.24) is 5.32 Å². The predicted molar refractivity (Wildman–Crippen MR) is 136 cm³/mol. The Morgan fingerprint density at radius 2 is 1.74 bits per heavy atom. The molecule has 1 fully saturated rings. The first-order valence-electron chi connectivity index (χ1n) is 11.2. The topological polar surface area (TPSA) is 82.7 Å². The average molecular weight is 479 g/mol. The van der Waals surface area contributed by atoms with E-state index < -0.39 is 6.03 Å². The third-order valence-corrected chi connectivity index (χ3v) is 5.89. The summed E-state index contributed by atoms with van der Waals surface area (Å²) in [5.41, 5.74) is 3.50. The van der Waals surface area contributed by atoms with Crippen LogP contribution in [0.3, 0.4) is 0 Å². The quantitative estimate of drug-likeness (QED) is 0.417. The first-order valence-corrected chi connectivity index (χ1v) is 11.5. The zero-order valence-electron chi connectivity index (χ0n) is 18.9. The number of carbonyl (C=O) groups excluding carboxylic acids is 2. The highest BCUT2D eigenvalue weighted by atomic mass is 35.5. The summed E-state index contributed by atoms with van der Waals surface area (Å²) in [6, 6.07) is 19.4. The molecule has 3 aromatic carbocycles. The van der Waals surface area contributed by atoms with Gasteiger partial charge >= 0.3 is 6.03 Å². The Kier molecular flexibility index (Phi) is 7.54. The Morgan fingerprint density at radius 3 is 2.47 bits per heavy atom. The van der Waals surface area contributed by atoms with Crippen LogP contribution < -0.4 is 25.6 Å². The molecular weight excluding hydrogens is 452 g/mol. The van der Waals surface area contributed by atoms with Crippen molar-refractivity contribution in [2.45, 2.75) is 19.4 Å². The molecule has 0 unspecified atom stereocenters. The van der Waals surface area contributed by atoms with E-state index in [0.717, 1.165) is 42.9 Å². The molecule has 3 N–H and O–H groups in total. The fourth-order valence-corrected chi connectivity index (χ4v) is 4.02. The second-order valence-electron chi connectivity index (χ2n) is 8.05. The van der Waals surface area contributed by atoms with Gasteiger partial charge in [0, 0.05) is 35.9 Å². The summed E-state index contributed by atoms with van der Waals surface area (Å²) < 4.78 is 5.24. The maximum Gasteiger partial charge on any atom is 0.323 e. The SMILES string of the molecule is COc1cccc(CNC(=O)c2ccc(N3CCCC3)c(NC(=O)Nc3ccc(Cl)cc3)c2)c1. The summed E-state index contributed by atoms with van der Waals surface area (Å²) >= 11 is 5.92. The van der Waals surface area contributed by atoms with Gasteiger partial charge in [0.2, 0.25) is 0 Å². The van der Waals surface area contributed by atoms with Gasteiger partial charge in [-0.15, -0.1) is 0 Å². The Balaban J connectivity index is 1.49. The Morgan fingerprint density at radius 1 is 0.971 bits per heavy atom. The second kappa shape index (κ2) is 10.9. The molecule has 0 atom stereocenters. The van der Waals surface area contributed by atoms with Gasteiger partial charge < -0.3 is 25.6 Å². The lowest BCUT2D eigenvalue weighted by molar-refractivity contribution is 0.0951. The highest BCUT2D eigenvalue weighted by molar-refractivity contribution is 6.30. The predicted octanol–water partition coefficient (Wildman–Crippen LogP) is 5.52. The van der Waals surface area contributed by atoms with E-state index in [2.05, 4.69) is 20.9 Å². The number of ether oxygens (including phenoxy) is 1. The molecule has 7 nitrogen and oxygen atoms in total. The highest BCUT2D eigenvalue weighted by Gasteiger charge is 2.19. The van der Waals surface area contributed by atoms with E-state index in [0.29, 0.717) is 28.5 Å². The molecule has 0 radical (unpaired) electrons. The van der Waals surface area contributed by atoms with Crippen LogP contribution in [0.4, 0.5) is 21.9 Å². The van der Waals surface area contributed by atoms with Crippen LogP contribution in [0.1, 0.15) is 28.8 Å². The van der Waals surface area contributed by atoms with Crippen molar-refractivity contribution in [3.05, 3.63) is 82.9 Å². The van der Waals surface area contributed by atoms with Gasteiger partial charge in [0.1, 0.15) is 5.75 Å². The van der Waals surface area contributed by atoms with Crippen molar-refractivity contribution < 1.29 is 14.3 Å². The van der Waals surface area contributed by atoms with Crippen LogP contribution in [0.2, 0.25) is 5.02 Å². The number of hydrogen-bond donors (Lipinski definition) is 3. The number of nitrogens with zero attached hydrogens (tertiary/aromatic N) is 1. The molecule has 8 heteroatoms. The van der Waals surface area contributed by atoms with Gasteiger partial charge in [-0.2, -0.15) is 0 Å². The van der Waals surface area contributed by atoms with Crippen molar-refractivity contribution in [3.8, 4) is 5.75 Å². The largest absolute Gasteiger partial charge is 0.497 e. The minimum atomic E-state index is -0.392. The Bertz CT molecular complexity index is 1160. The number of halogens is 1. The summed E-state index contributed by atoms with van der Waals surface area (Å²) in [5, 5.41) is 9.24. The summed E-state index contributed by atoms with van der Waals surface area (Å²) in [4.78, 5) is 27.8. The summed E-state index contributed by atoms with van der Waals surface area (Å²) in [6.45, 7) is 2.19. The number of methoxy groups -OCH3 is 1. The molecule has 0 aliphatic carbocycles. The minimum absolute atomic E-state index is 0.225. The van der Waals surface area contributed by atoms with E-state index in [-0.39, 0.29) is 5.91 Å². The van der Waals surface area contributed by atoms with E-state index in [1.807, 2.05) is 30.3 Å². The number of hydrogen-bond acceptors (Lipinski definition) is 4. The standard InChI is InChI=1S/C26H27ClN4O3/c1-34-22-6-4-5-18(15-22)17-28-25(32)19-7-12-24(31-13-2-3-14-31)23(16-19)30-26(33)29-21-10-8-20(27)9-11-21/h4-12,15-16H,2-3,13-14,17H2,1H3,(H,28,32)(H2,29,30,33). The Labute approximate surface area is 204 Å². The number of nitrogens with one attached hydrogen (secondary N) is 3. The molecule has 0 bridgehead atoms. The van der Waals surface area contributed by atoms with E-state index in [1.165, 1.54) is 0 Å². The normalized spacial score (nSPS) is 12.8. The van der Waals surface area contributed by atoms with Gasteiger partial charge in [0.05, 0.1) is 18.5 Å². The van der Waals surface area contributed by atoms with Crippen LogP contribution in [0.5, 0.6) is 5.75 Å². The van der Waals surface area contributed by atoms with E-state index >= 15 is 0 Å².